The van der Waals surface area contributed by atoms with Crippen LogP contribution in [0.4, 0.5) is 0 Å². The first-order chi connectivity index (χ1) is 33.2. The van der Waals surface area contributed by atoms with Crippen molar-refractivity contribution in [3.05, 3.63) is 167 Å². The molecule has 0 saturated carbocycles. The summed E-state index contributed by atoms with van der Waals surface area (Å²) in [5.41, 5.74) is 2.06. The summed E-state index contributed by atoms with van der Waals surface area (Å²) in [7, 11) is 10.1. The Morgan fingerprint density at radius 3 is 0.691 bits per heavy atom. The van der Waals surface area contributed by atoms with Gasteiger partial charge in [0.25, 0.3) is 0 Å². The van der Waals surface area contributed by atoms with Gasteiger partial charge in [0.2, 0.25) is 0 Å². The molecule has 9 rings (SSSR count). The number of ether oxygens (including phenoxy) is 6. The third-order valence-corrected chi connectivity index (χ3v) is 18.8. The smallest absolute Gasteiger partial charge is 0.118 e. The van der Waals surface area contributed by atoms with Crippen LogP contribution in [0.15, 0.2) is 195 Å². The van der Waals surface area contributed by atoms with Gasteiger partial charge in [-0.1, -0.05) is 93.8 Å². The Kier molecular flexibility index (Phi) is 15.5. The fourth-order valence-corrected chi connectivity index (χ4v) is 14.8. The van der Waals surface area contributed by atoms with E-state index in [-0.39, 0.29) is 0 Å². The van der Waals surface area contributed by atoms with Crippen LogP contribution in [-0.4, -0.2) is 42.7 Å². The third-order valence-electron chi connectivity index (χ3n) is 10.8. The van der Waals surface area contributed by atoms with Crippen molar-refractivity contribution in [1.29, 1.82) is 0 Å². The van der Waals surface area contributed by atoms with Crippen molar-refractivity contribution in [2.75, 3.05) is 42.7 Å². The monoisotopic (exact) mass is 1050 g/mol. The Bertz CT molecular complexity index is 2910. The fourth-order valence-electron chi connectivity index (χ4n) is 7.39. The number of methoxy groups -OCH3 is 6. The average Bonchev–Trinajstić information content (AvgIpc) is 3.68. The molecule has 0 heterocycles. The summed E-state index contributed by atoms with van der Waals surface area (Å²) < 4.78 is 33.6. The molecule has 344 valence electrons. The van der Waals surface area contributed by atoms with Crippen LogP contribution in [0.1, 0.15) is 11.1 Å². The number of benzene rings is 8. The van der Waals surface area contributed by atoms with Gasteiger partial charge in [0, 0.05) is 80.7 Å². The first kappa shape index (κ1) is 48.3. The van der Waals surface area contributed by atoms with Crippen molar-refractivity contribution < 1.29 is 28.4 Å². The zero-order valence-corrected chi connectivity index (χ0v) is 43.9. The lowest BCUT2D eigenvalue weighted by molar-refractivity contribution is 0.414. The number of thioether (sulfide) groups is 2. The molecule has 0 N–H and O–H groups in total. The molecule has 0 unspecified atom stereocenters. The zero-order valence-electron chi connectivity index (χ0n) is 37.5. The van der Waals surface area contributed by atoms with Gasteiger partial charge >= 0.3 is 0 Å². The molecule has 0 spiro atoms. The lowest BCUT2D eigenvalue weighted by Crippen LogP contribution is -1.97. The van der Waals surface area contributed by atoms with Crippen LogP contribution in [0.5, 0.6) is 34.5 Å². The normalized spacial score (nSPS) is 11.8. The number of halogens is 2. The number of hydrogen-bond acceptors (Lipinski definition) is 12. The molecule has 1 aliphatic rings. The lowest BCUT2D eigenvalue weighted by Gasteiger charge is -2.23. The molecule has 0 aromatic heterocycles. The molecule has 0 amide bonds. The SMILES string of the molecule is COc1ccc(SC2=C(Sc3ccc(OC)cc3)c3c(Sc4ccc(OC)cc4)c(Cl)c(Sc4ccc(OC)cc4)c4c(Sc5ccc(OC)cc5)c(Cl)c(Sc5ccc(OC)cc5)c2c34)cc1. The van der Waals surface area contributed by atoms with E-state index in [0.29, 0.717) is 10.0 Å². The van der Waals surface area contributed by atoms with E-state index in [9.17, 15) is 0 Å². The summed E-state index contributed by atoms with van der Waals surface area (Å²) in [6.07, 6.45) is 0. The van der Waals surface area contributed by atoms with Gasteiger partial charge < -0.3 is 28.4 Å². The quantitative estimate of drug-likeness (QED) is 0.0823. The van der Waals surface area contributed by atoms with Crippen LogP contribution in [0.3, 0.4) is 0 Å². The van der Waals surface area contributed by atoms with Gasteiger partial charge in [-0.2, -0.15) is 0 Å². The highest BCUT2D eigenvalue weighted by molar-refractivity contribution is 8.14. The maximum absolute atomic E-state index is 8.08. The number of rotatable bonds is 18. The molecule has 0 saturated heterocycles. The van der Waals surface area contributed by atoms with Crippen LogP contribution in [0.2, 0.25) is 10.0 Å². The van der Waals surface area contributed by atoms with E-state index < -0.39 is 0 Å². The molecule has 14 heteroatoms. The summed E-state index contributed by atoms with van der Waals surface area (Å²) in [4.78, 5) is 11.8. The Morgan fingerprint density at radius 1 is 0.265 bits per heavy atom. The molecule has 6 nitrogen and oxygen atoms in total. The van der Waals surface area contributed by atoms with Crippen molar-refractivity contribution >= 4 is 114 Å². The first-order valence-corrected chi connectivity index (χ1v) is 26.6. The predicted molar refractivity (Wildman–Crippen MR) is 287 cm³/mol. The van der Waals surface area contributed by atoms with Crippen LogP contribution in [-0.2, 0) is 0 Å². The molecule has 8 aromatic carbocycles. The predicted octanol–water partition coefficient (Wildman–Crippen LogP) is 17.5. The lowest BCUT2D eigenvalue weighted by atomic mass is 10.0. The van der Waals surface area contributed by atoms with E-state index in [0.717, 1.165) is 115 Å². The van der Waals surface area contributed by atoms with E-state index in [1.807, 2.05) is 72.8 Å². The highest BCUT2D eigenvalue weighted by Gasteiger charge is 2.38. The Morgan fingerprint density at radius 2 is 0.471 bits per heavy atom. The van der Waals surface area contributed by atoms with Gasteiger partial charge in [0.15, 0.2) is 0 Å². The van der Waals surface area contributed by atoms with Crippen LogP contribution < -0.4 is 28.4 Å². The average molecular weight is 1050 g/mol. The topological polar surface area (TPSA) is 55.4 Å². The van der Waals surface area contributed by atoms with Gasteiger partial charge in [-0.3, -0.25) is 0 Å². The van der Waals surface area contributed by atoms with Gasteiger partial charge in [-0.05, 0) is 146 Å². The van der Waals surface area contributed by atoms with Crippen molar-refractivity contribution in [1.82, 2.24) is 0 Å². The highest BCUT2D eigenvalue weighted by Crippen LogP contribution is 2.66. The third kappa shape index (κ3) is 10.3. The highest BCUT2D eigenvalue weighted by atomic mass is 35.5. The Labute approximate surface area is 432 Å². The summed E-state index contributed by atoms with van der Waals surface area (Å²) in [5, 5.41) is 3.26. The second-order valence-corrected chi connectivity index (χ2v) is 22.0. The van der Waals surface area contributed by atoms with Gasteiger partial charge in [-0.15, -0.1) is 0 Å². The van der Waals surface area contributed by atoms with Crippen LogP contribution >= 0.6 is 93.8 Å². The summed E-state index contributed by atoms with van der Waals surface area (Å²) in [6, 6.07) is 48.8. The Balaban J connectivity index is 1.41. The molecule has 1 aliphatic carbocycles. The zero-order chi connectivity index (χ0) is 47.3. The summed E-state index contributed by atoms with van der Waals surface area (Å²) in [6.45, 7) is 0. The molecule has 0 atom stereocenters. The fraction of sp³-hybridized carbons (Fsp3) is 0.111. The molecule has 0 radical (unpaired) electrons. The summed E-state index contributed by atoms with van der Waals surface area (Å²) >= 11 is 26.1. The van der Waals surface area contributed by atoms with E-state index in [1.165, 1.54) is 0 Å². The first-order valence-electron chi connectivity index (χ1n) is 20.9. The molecule has 0 aliphatic heterocycles. The van der Waals surface area contributed by atoms with Crippen molar-refractivity contribution in [2.24, 2.45) is 0 Å². The van der Waals surface area contributed by atoms with Gasteiger partial charge in [-0.25, -0.2) is 0 Å². The van der Waals surface area contributed by atoms with Crippen molar-refractivity contribution in [3.8, 4) is 34.5 Å². The summed E-state index contributed by atoms with van der Waals surface area (Å²) in [5.74, 6) is 4.62. The molecular formula is C54H42Cl2O6S6. The van der Waals surface area contributed by atoms with E-state index in [2.05, 4.69) is 72.8 Å². The maximum atomic E-state index is 8.08. The van der Waals surface area contributed by atoms with E-state index in [4.69, 9.17) is 51.6 Å². The molecule has 68 heavy (non-hydrogen) atoms. The second-order valence-electron chi connectivity index (χ2n) is 14.8. The van der Waals surface area contributed by atoms with Crippen molar-refractivity contribution in [2.45, 2.75) is 49.0 Å². The molecule has 0 fully saturated rings. The minimum absolute atomic E-state index is 0.617. The molecule has 0 bridgehead atoms. The van der Waals surface area contributed by atoms with Crippen LogP contribution in [0.25, 0.3) is 20.6 Å². The maximum Gasteiger partial charge on any atom is 0.118 e. The second kappa shape index (κ2) is 21.9. The number of hydrogen-bond donors (Lipinski definition) is 0. The van der Waals surface area contributed by atoms with E-state index in [1.54, 1.807) is 113 Å². The Hall–Kier alpha value is -4.76. The van der Waals surface area contributed by atoms with Gasteiger partial charge in [0.1, 0.15) is 34.5 Å². The largest absolute Gasteiger partial charge is 0.497 e. The van der Waals surface area contributed by atoms with Crippen LogP contribution in [0, 0.1) is 0 Å². The minimum atomic E-state index is 0.617. The molecule has 8 aromatic rings. The minimum Gasteiger partial charge on any atom is -0.497 e. The van der Waals surface area contributed by atoms with Crippen molar-refractivity contribution in [3.63, 3.8) is 0 Å². The van der Waals surface area contributed by atoms with E-state index >= 15 is 0 Å². The molecular weight excluding hydrogens is 1010 g/mol. The van der Waals surface area contributed by atoms with Gasteiger partial charge in [0.05, 0.1) is 52.7 Å². The standard InChI is InChI=1S/C54H42Cl2O6S6/c1-57-31-7-19-37(20-8-31)63-49-44-43-45(51(47(49)55)65-39-23-11-33(59-3)12-24-39)53(67-41-27-15-35(61-5)16-28-41)54(68-42-29-17-36(62-6)18-30-42)46(43)52(66-40-25-13-34(60-4)14-26-40)48(56)50(44)64-38-21-9-32(58-2)10-22-38/h7-30H,1-6H3.